The van der Waals surface area contributed by atoms with E-state index in [0.29, 0.717) is 0 Å². The Balaban J connectivity index is 2.57. The summed E-state index contributed by atoms with van der Waals surface area (Å²) in [6, 6.07) is 5.89. The van der Waals surface area contributed by atoms with Crippen molar-refractivity contribution in [2.75, 3.05) is 0 Å². The lowest BCUT2D eigenvalue weighted by atomic mass is 10.4. The summed E-state index contributed by atoms with van der Waals surface area (Å²) in [5.41, 5.74) is 0. The Morgan fingerprint density at radius 1 is 1.31 bits per heavy atom. The molecule has 0 heterocycles. The van der Waals surface area contributed by atoms with E-state index < -0.39 is 20.6 Å². The van der Waals surface area contributed by atoms with Gasteiger partial charge in [-0.2, -0.15) is 0 Å². The van der Waals surface area contributed by atoms with Gasteiger partial charge in [-0.1, -0.05) is 23.7 Å². The van der Waals surface area contributed by atoms with Gasteiger partial charge in [-0.15, -0.1) is 0 Å². The number of hydrogen-bond donors (Lipinski definition) is 1. The zero-order valence-electron chi connectivity index (χ0n) is 8.18. The Kier molecular flexibility index (Phi) is 2.47. The number of carboxylic acids is 1. The first-order valence-electron chi connectivity index (χ1n) is 4.64. The monoisotopic (exact) mass is 260 g/mol. The van der Waals surface area contributed by atoms with Crippen molar-refractivity contribution in [3.05, 3.63) is 29.3 Å². The van der Waals surface area contributed by atoms with Gasteiger partial charge in [0.15, 0.2) is 14.6 Å². The summed E-state index contributed by atoms with van der Waals surface area (Å²) in [6.45, 7) is 0. The third-order valence-corrected chi connectivity index (χ3v) is 5.72. The average Bonchev–Trinajstić information content (AvgIpc) is 2.98. The van der Waals surface area contributed by atoms with Crippen molar-refractivity contribution < 1.29 is 18.3 Å². The topological polar surface area (TPSA) is 71.4 Å². The molecule has 1 saturated carbocycles. The molecule has 0 unspecified atom stereocenters. The van der Waals surface area contributed by atoms with Crippen LogP contribution in [-0.2, 0) is 14.6 Å². The minimum absolute atomic E-state index is 0.0648. The largest absolute Gasteiger partial charge is 0.480 e. The molecule has 1 N–H and O–H groups in total. The van der Waals surface area contributed by atoms with Crippen LogP contribution in [0.4, 0.5) is 0 Å². The summed E-state index contributed by atoms with van der Waals surface area (Å²) in [5.74, 6) is -1.30. The summed E-state index contributed by atoms with van der Waals surface area (Å²) in [6.07, 6.45) is 0.297. The second kappa shape index (κ2) is 3.46. The summed E-state index contributed by atoms with van der Waals surface area (Å²) in [5, 5.41) is 9.03. The fraction of sp³-hybridized carbons (Fsp3) is 0.300. The number of sulfone groups is 1. The van der Waals surface area contributed by atoms with Crippen molar-refractivity contribution in [1.29, 1.82) is 0 Å². The Labute approximate surface area is 97.8 Å². The van der Waals surface area contributed by atoms with E-state index in [2.05, 4.69) is 0 Å². The lowest BCUT2D eigenvalue weighted by Gasteiger charge is -2.12. The number of carboxylic acid groups (broad SMARTS) is 1. The first kappa shape index (κ1) is 11.4. The molecule has 1 aromatic carbocycles. The van der Waals surface area contributed by atoms with Crippen molar-refractivity contribution in [2.45, 2.75) is 22.5 Å². The quantitative estimate of drug-likeness (QED) is 0.898. The van der Waals surface area contributed by atoms with Crippen LogP contribution in [0.25, 0.3) is 0 Å². The molecule has 4 nitrogen and oxygen atoms in total. The van der Waals surface area contributed by atoms with Crippen molar-refractivity contribution in [2.24, 2.45) is 0 Å². The third-order valence-electron chi connectivity index (χ3n) is 2.73. The van der Waals surface area contributed by atoms with Gasteiger partial charge in [0.1, 0.15) is 0 Å². The van der Waals surface area contributed by atoms with Gasteiger partial charge in [-0.3, -0.25) is 4.79 Å². The molecule has 6 heteroatoms. The predicted octanol–water partition coefficient (Wildman–Crippen LogP) is 1.73. The highest BCUT2D eigenvalue weighted by Crippen LogP contribution is 2.48. The van der Waals surface area contributed by atoms with Crippen LogP contribution in [0.2, 0.25) is 5.02 Å². The number of carbonyl (C=O) groups is 1. The molecule has 0 amide bonds. The Hall–Kier alpha value is -1.07. The first-order valence-corrected chi connectivity index (χ1v) is 6.50. The second-order valence-corrected chi connectivity index (χ2v) is 6.37. The molecule has 1 aromatic rings. The molecule has 0 aromatic heterocycles. The first-order chi connectivity index (χ1) is 7.42. The third kappa shape index (κ3) is 1.43. The normalized spacial score (nSPS) is 18.1. The maximum absolute atomic E-state index is 12.1. The fourth-order valence-electron chi connectivity index (χ4n) is 1.58. The Bertz CT molecular complexity index is 546. The lowest BCUT2D eigenvalue weighted by Crippen LogP contribution is -2.32. The Morgan fingerprint density at radius 3 is 2.31 bits per heavy atom. The highest BCUT2D eigenvalue weighted by molar-refractivity contribution is 7.94. The predicted molar refractivity (Wildman–Crippen MR) is 58.2 cm³/mol. The highest BCUT2D eigenvalue weighted by atomic mass is 35.5. The minimum Gasteiger partial charge on any atom is -0.480 e. The SMILES string of the molecule is O=C(O)C1(S(=O)(=O)c2ccccc2Cl)CC1. The Morgan fingerprint density at radius 2 is 1.88 bits per heavy atom. The number of rotatable bonds is 3. The molecule has 16 heavy (non-hydrogen) atoms. The second-order valence-electron chi connectivity index (χ2n) is 3.73. The highest BCUT2D eigenvalue weighted by Gasteiger charge is 2.62. The van der Waals surface area contributed by atoms with Crippen LogP contribution >= 0.6 is 11.6 Å². The van der Waals surface area contributed by atoms with E-state index in [1.54, 1.807) is 6.07 Å². The van der Waals surface area contributed by atoms with Gasteiger partial charge >= 0.3 is 5.97 Å². The van der Waals surface area contributed by atoms with Gasteiger partial charge in [0.05, 0.1) is 9.92 Å². The summed E-state index contributed by atoms with van der Waals surface area (Å²) in [4.78, 5) is 10.9. The molecule has 86 valence electrons. The van der Waals surface area contributed by atoms with E-state index in [4.69, 9.17) is 16.7 Å². The molecule has 0 saturated heterocycles. The van der Waals surface area contributed by atoms with Gasteiger partial charge in [0, 0.05) is 0 Å². The maximum atomic E-state index is 12.1. The van der Waals surface area contributed by atoms with Gasteiger partial charge in [0.25, 0.3) is 0 Å². The number of benzene rings is 1. The van der Waals surface area contributed by atoms with Gasteiger partial charge in [-0.25, -0.2) is 8.42 Å². The van der Waals surface area contributed by atoms with Crippen LogP contribution in [0.5, 0.6) is 0 Å². The lowest BCUT2D eigenvalue weighted by molar-refractivity contribution is -0.137. The molecule has 1 aliphatic carbocycles. The van der Waals surface area contributed by atoms with E-state index in [9.17, 15) is 13.2 Å². The fourth-order valence-corrected chi connectivity index (χ4v) is 3.90. The van der Waals surface area contributed by atoms with Crippen molar-refractivity contribution >= 4 is 27.4 Å². The van der Waals surface area contributed by atoms with Crippen LogP contribution in [0.15, 0.2) is 29.2 Å². The van der Waals surface area contributed by atoms with Crippen LogP contribution in [0.1, 0.15) is 12.8 Å². The van der Waals surface area contributed by atoms with Gasteiger partial charge < -0.3 is 5.11 Å². The zero-order valence-corrected chi connectivity index (χ0v) is 9.75. The van der Waals surface area contributed by atoms with Crippen molar-refractivity contribution in [3.63, 3.8) is 0 Å². The van der Waals surface area contributed by atoms with Gasteiger partial charge in [0.2, 0.25) is 0 Å². The van der Waals surface area contributed by atoms with E-state index in [0.717, 1.165) is 0 Å². The van der Waals surface area contributed by atoms with E-state index in [1.165, 1.54) is 18.2 Å². The van der Waals surface area contributed by atoms with E-state index in [1.807, 2.05) is 0 Å². The number of halogens is 1. The van der Waals surface area contributed by atoms with Crippen molar-refractivity contribution in [3.8, 4) is 0 Å². The molecule has 0 aliphatic heterocycles. The summed E-state index contributed by atoms with van der Waals surface area (Å²) in [7, 11) is -3.89. The molecular formula is C10H9ClO4S. The molecule has 2 rings (SSSR count). The van der Waals surface area contributed by atoms with Crippen LogP contribution in [-0.4, -0.2) is 24.2 Å². The standard InChI is InChI=1S/C10H9ClO4S/c11-7-3-1-2-4-8(7)16(14,15)10(5-6-10)9(12)13/h1-4H,5-6H2,(H,12,13). The maximum Gasteiger partial charge on any atom is 0.325 e. The molecule has 1 fully saturated rings. The molecule has 0 atom stereocenters. The smallest absolute Gasteiger partial charge is 0.325 e. The van der Waals surface area contributed by atoms with Crippen LogP contribution < -0.4 is 0 Å². The molecule has 0 spiro atoms. The zero-order chi connectivity index (χ0) is 12.0. The van der Waals surface area contributed by atoms with Crippen LogP contribution in [0, 0.1) is 0 Å². The molecule has 1 aliphatic rings. The van der Waals surface area contributed by atoms with E-state index in [-0.39, 0.29) is 22.8 Å². The van der Waals surface area contributed by atoms with Gasteiger partial charge in [-0.05, 0) is 25.0 Å². The van der Waals surface area contributed by atoms with Crippen molar-refractivity contribution in [1.82, 2.24) is 0 Å². The van der Waals surface area contributed by atoms with Crippen LogP contribution in [0.3, 0.4) is 0 Å². The average molecular weight is 261 g/mol. The van der Waals surface area contributed by atoms with E-state index >= 15 is 0 Å². The summed E-state index contributed by atoms with van der Waals surface area (Å²) >= 11 is 5.78. The molecular weight excluding hydrogens is 252 g/mol. The molecule has 0 bridgehead atoms. The number of hydrogen-bond acceptors (Lipinski definition) is 3. The summed E-state index contributed by atoms with van der Waals surface area (Å²) < 4.78 is 22.6. The minimum atomic E-state index is -3.89. The number of aliphatic carboxylic acids is 1. The molecule has 0 radical (unpaired) electrons.